The molecule has 2 heterocycles. The number of anilines is 1. The molecule has 4 nitrogen and oxygen atoms in total. The van der Waals surface area contributed by atoms with Crippen LogP contribution < -0.4 is 5.32 Å². The molecule has 1 aromatic carbocycles. The van der Waals surface area contributed by atoms with Gasteiger partial charge in [-0.05, 0) is 36.2 Å². The van der Waals surface area contributed by atoms with E-state index >= 15 is 0 Å². The molecule has 0 atom stereocenters. The first-order valence-corrected chi connectivity index (χ1v) is 7.85. The molecule has 0 fully saturated rings. The molecule has 0 aliphatic carbocycles. The molecule has 2 aromatic heterocycles. The van der Waals surface area contributed by atoms with Crippen molar-refractivity contribution >= 4 is 22.9 Å². The smallest absolute Gasteiger partial charge is 0.275 e. The van der Waals surface area contributed by atoms with Crippen molar-refractivity contribution in [3.8, 4) is 0 Å². The summed E-state index contributed by atoms with van der Waals surface area (Å²) < 4.78 is 0. The number of pyridine rings is 1. The van der Waals surface area contributed by atoms with Crippen molar-refractivity contribution < 1.29 is 4.79 Å². The van der Waals surface area contributed by atoms with Crippen molar-refractivity contribution in [3.05, 3.63) is 76.0 Å². The van der Waals surface area contributed by atoms with Crippen LogP contribution in [0.15, 0.2) is 53.5 Å². The zero-order chi connectivity index (χ0) is 15.4. The van der Waals surface area contributed by atoms with Gasteiger partial charge in [0.15, 0.2) is 0 Å². The predicted octanol–water partition coefficient (Wildman–Crippen LogP) is 3.69. The van der Waals surface area contributed by atoms with E-state index in [0.29, 0.717) is 5.69 Å². The zero-order valence-corrected chi connectivity index (χ0v) is 12.9. The number of thiazole rings is 1. The van der Waals surface area contributed by atoms with E-state index in [1.165, 1.54) is 11.3 Å². The number of carbonyl (C=O) groups excluding carboxylic acids is 1. The Morgan fingerprint density at radius 3 is 2.86 bits per heavy atom. The van der Waals surface area contributed by atoms with E-state index in [1.807, 2.05) is 37.3 Å². The molecule has 1 amide bonds. The first-order chi connectivity index (χ1) is 10.7. The molecule has 0 aliphatic rings. The third-order valence-electron chi connectivity index (χ3n) is 3.33. The van der Waals surface area contributed by atoms with Crippen LogP contribution in [0.1, 0.15) is 27.3 Å². The first-order valence-electron chi connectivity index (χ1n) is 6.91. The van der Waals surface area contributed by atoms with E-state index in [-0.39, 0.29) is 5.91 Å². The highest BCUT2D eigenvalue weighted by Gasteiger charge is 2.10. The molecule has 3 aromatic rings. The number of hydrogen-bond acceptors (Lipinski definition) is 4. The second-order valence-corrected chi connectivity index (χ2v) is 5.69. The average molecular weight is 309 g/mol. The van der Waals surface area contributed by atoms with Crippen molar-refractivity contribution in [1.82, 2.24) is 9.97 Å². The number of nitrogens with zero attached hydrogens (tertiary/aromatic N) is 2. The van der Waals surface area contributed by atoms with Gasteiger partial charge in [-0.15, -0.1) is 11.3 Å². The monoisotopic (exact) mass is 309 g/mol. The van der Waals surface area contributed by atoms with Crippen LogP contribution in [-0.4, -0.2) is 15.9 Å². The van der Waals surface area contributed by atoms with Crippen molar-refractivity contribution in [3.63, 3.8) is 0 Å². The summed E-state index contributed by atoms with van der Waals surface area (Å²) in [6, 6.07) is 11.9. The lowest BCUT2D eigenvalue weighted by Crippen LogP contribution is -2.13. The van der Waals surface area contributed by atoms with Gasteiger partial charge in [-0.25, -0.2) is 4.98 Å². The molecule has 0 bridgehead atoms. The molecule has 3 rings (SSSR count). The van der Waals surface area contributed by atoms with Crippen LogP contribution in [0.3, 0.4) is 0 Å². The van der Waals surface area contributed by atoms with Crippen molar-refractivity contribution in [2.75, 3.05) is 5.32 Å². The van der Waals surface area contributed by atoms with Gasteiger partial charge in [-0.1, -0.05) is 18.2 Å². The lowest BCUT2D eigenvalue weighted by atomic mass is 10.1. The fourth-order valence-electron chi connectivity index (χ4n) is 2.14. The minimum absolute atomic E-state index is 0.181. The molecule has 5 heteroatoms. The van der Waals surface area contributed by atoms with Gasteiger partial charge in [-0.3, -0.25) is 9.78 Å². The maximum Gasteiger partial charge on any atom is 0.275 e. The second kappa shape index (κ2) is 6.49. The van der Waals surface area contributed by atoms with E-state index in [4.69, 9.17) is 0 Å². The van der Waals surface area contributed by atoms with Gasteiger partial charge in [0.2, 0.25) is 0 Å². The third kappa shape index (κ3) is 3.38. The molecule has 1 N–H and O–H groups in total. The quantitative estimate of drug-likeness (QED) is 0.799. The van der Waals surface area contributed by atoms with Gasteiger partial charge in [0.1, 0.15) is 5.69 Å². The van der Waals surface area contributed by atoms with Crippen molar-refractivity contribution in [2.24, 2.45) is 0 Å². The third-order valence-corrected chi connectivity index (χ3v) is 3.91. The Morgan fingerprint density at radius 2 is 2.14 bits per heavy atom. The molecular formula is C17H15N3OS. The van der Waals surface area contributed by atoms with E-state index in [0.717, 1.165) is 28.9 Å². The van der Waals surface area contributed by atoms with Gasteiger partial charge < -0.3 is 5.32 Å². The lowest BCUT2D eigenvalue weighted by Gasteiger charge is -2.10. The first kappa shape index (κ1) is 14.4. The number of hydrogen-bond donors (Lipinski definition) is 1. The standard InChI is InChI=1S/C17H15N3OS/c1-12-5-6-13(8-14-4-2-3-7-18-14)9-15(12)20-17(21)16-10-22-11-19-16/h2-7,9-11H,8H2,1H3,(H,20,21). The van der Waals surface area contributed by atoms with Gasteiger partial charge in [0, 0.05) is 29.4 Å². The zero-order valence-electron chi connectivity index (χ0n) is 12.1. The summed E-state index contributed by atoms with van der Waals surface area (Å²) in [5.41, 5.74) is 6.04. The Balaban J connectivity index is 1.79. The van der Waals surface area contributed by atoms with Crippen molar-refractivity contribution in [1.29, 1.82) is 0 Å². The van der Waals surface area contributed by atoms with Crippen LogP contribution in [0.4, 0.5) is 5.69 Å². The van der Waals surface area contributed by atoms with Crippen LogP contribution in [0, 0.1) is 6.92 Å². The fraction of sp³-hybridized carbons (Fsp3) is 0.118. The average Bonchev–Trinajstić information content (AvgIpc) is 3.06. The summed E-state index contributed by atoms with van der Waals surface area (Å²) in [6.07, 6.45) is 2.52. The van der Waals surface area contributed by atoms with Gasteiger partial charge in [-0.2, -0.15) is 0 Å². The van der Waals surface area contributed by atoms with Gasteiger partial charge >= 0.3 is 0 Å². The minimum Gasteiger partial charge on any atom is -0.320 e. The Labute approximate surface area is 132 Å². The highest BCUT2D eigenvalue weighted by Crippen LogP contribution is 2.19. The van der Waals surface area contributed by atoms with Crippen LogP contribution in [0.5, 0.6) is 0 Å². The largest absolute Gasteiger partial charge is 0.320 e. The maximum absolute atomic E-state index is 12.1. The highest BCUT2D eigenvalue weighted by atomic mass is 32.1. The Bertz CT molecular complexity index is 770. The Hall–Kier alpha value is -2.53. The number of aryl methyl sites for hydroxylation is 1. The SMILES string of the molecule is Cc1ccc(Cc2ccccn2)cc1NC(=O)c1cscn1. The summed E-state index contributed by atoms with van der Waals surface area (Å²) in [4.78, 5) is 20.5. The van der Waals surface area contributed by atoms with Crippen LogP contribution in [0.2, 0.25) is 0 Å². The normalized spacial score (nSPS) is 10.4. The number of rotatable bonds is 4. The Kier molecular flexibility index (Phi) is 4.25. The summed E-state index contributed by atoms with van der Waals surface area (Å²) >= 11 is 1.41. The summed E-state index contributed by atoms with van der Waals surface area (Å²) in [6.45, 7) is 1.97. The summed E-state index contributed by atoms with van der Waals surface area (Å²) in [5, 5.41) is 4.66. The molecule has 0 saturated heterocycles. The minimum atomic E-state index is -0.181. The highest BCUT2D eigenvalue weighted by molar-refractivity contribution is 7.07. The molecular weight excluding hydrogens is 294 g/mol. The molecule has 0 radical (unpaired) electrons. The number of amides is 1. The van der Waals surface area contributed by atoms with Crippen LogP contribution in [-0.2, 0) is 6.42 Å². The molecule has 110 valence electrons. The predicted molar refractivity (Wildman–Crippen MR) is 88.3 cm³/mol. The second-order valence-electron chi connectivity index (χ2n) is 4.97. The number of carbonyl (C=O) groups is 1. The van der Waals surface area contributed by atoms with Crippen molar-refractivity contribution in [2.45, 2.75) is 13.3 Å². The molecule has 0 saturated carbocycles. The van der Waals surface area contributed by atoms with Crippen LogP contribution in [0.25, 0.3) is 0 Å². The number of nitrogens with one attached hydrogen (secondary N) is 1. The summed E-state index contributed by atoms with van der Waals surface area (Å²) in [5.74, 6) is -0.181. The van der Waals surface area contributed by atoms with E-state index in [1.54, 1.807) is 17.1 Å². The maximum atomic E-state index is 12.1. The fourth-order valence-corrected chi connectivity index (χ4v) is 2.67. The molecule has 0 unspecified atom stereocenters. The molecule has 0 aliphatic heterocycles. The van der Waals surface area contributed by atoms with E-state index in [9.17, 15) is 4.79 Å². The topological polar surface area (TPSA) is 54.9 Å². The van der Waals surface area contributed by atoms with Gasteiger partial charge in [0.05, 0.1) is 5.51 Å². The molecule has 0 spiro atoms. The number of benzene rings is 1. The lowest BCUT2D eigenvalue weighted by molar-refractivity contribution is 0.102. The summed E-state index contributed by atoms with van der Waals surface area (Å²) in [7, 11) is 0. The van der Waals surface area contributed by atoms with Gasteiger partial charge in [0.25, 0.3) is 5.91 Å². The Morgan fingerprint density at radius 1 is 1.23 bits per heavy atom. The van der Waals surface area contributed by atoms with E-state index < -0.39 is 0 Å². The van der Waals surface area contributed by atoms with Crippen LogP contribution >= 0.6 is 11.3 Å². The molecule has 22 heavy (non-hydrogen) atoms. The number of aromatic nitrogens is 2. The van der Waals surface area contributed by atoms with E-state index in [2.05, 4.69) is 21.4 Å².